The summed E-state index contributed by atoms with van der Waals surface area (Å²) in [6.07, 6.45) is 4.76. The number of ether oxygens (including phenoxy) is 1. The lowest BCUT2D eigenvalue weighted by atomic mass is 10.2. The Morgan fingerprint density at radius 1 is 1.43 bits per heavy atom. The van der Waals surface area contributed by atoms with Gasteiger partial charge in [-0.1, -0.05) is 0 Å². The number of urea groups is 1. The highest BCUT2D eigenvalue weighted by atomic mass is 32.1. The zero-order chi connectivity index (χ0) is 19.3. The molecule has 0 saturated carbocycles. The van der Waals surface area contributed by atoms with E-state index < -0.39 is 0 Å². The van der Waals surface area contributed by atoms with Crippen LogP contribution in [0, 0.1) is 0 Å². The van der Waals surface area contributed by atoms with Crippen molar-refractivity contribution in [2.75, 3.05) is 31.1 Å². The Bertz CT molecular complexity index is 801. The smallest absolute Gasteiger partial charge is 0.323 e. The summed E-state index contributed by atoms with van der Waals surface area (Å²) in [5, 5.41) is 5.31. The first-order chi connectivity index (χ1) is 13.7. The van der Waals surface area contributed by atoms with Gasteiger partial charge in [0.25, 0.3) is 0 Å². The number of anilines is 1. The van der Waals surface area contributed by atoms with Crippen LogP contribution in [0.4, 0.5) is 9.93 Å². The van der Waals surface area contributed by atoms with Gasteiger partial charge in [0.05, 0.1) is 31.0 Å². The van der Waals surface area contributed by atoms with Crippen LogP contribution in [-0.2, 0) is 22.5 Å². The molecule has 1 unspecified atom stereocenters. The summed E-state index contributed by atoms with van der Waals surface area (Å²) < 4.78 is 11.1. The summed E-state index contributed by atoms with van der Waals surface area (Å²) in [7, 11) is 0. The highest BCUT2D eigenvalue weighted by molar-refractivity contribution is 7.14. The van der Waals surface area contributed by atoms with E-state index >= 15 is 0 Å². The van der Waals surface area contributed by atoms with Crippen LogP contribution < -0.4 is 10.2 Å². The van der Waals surface area contributed by atoms with E-state index in [2.05, 4.69) is 10.3 Å². The average molecular weight is 404 g/mol. The van der Waals surface area contributed by atoms with Gasteiger partial charge in [0, 0.05) is 31.6 Å². The van der Waals surface area contributed by atoms with Gasteiger partial charge >= 0.3 is 6.03 Å². The maximum Gasteiger partial charge on any atom is 0.323 e. The fourth-order valence-corrected chi connectivity index (χ4v) is 4.31. The van der Waals surface area contributed by atoms with E-state index in [0.29, 0.717) is 37.0 Å². The van der Waals surface area contributed by atoms with Crippen LogP contribution in [0.5, 0.6) is 0 Å². The van der Waals surface area contributed by atoms with Crippen LogP contribution >= 0.6 is 11.3 Å². The number of amides is 3. The first-order valence-corrected chi connectivity index (χ1v) is 10.5. The summed E-state index contributed by atoms with van der Waals surface area (Å²) in [5.74, 6) is 0.724. The van der Waals surface area contributed by atoms with Crippen molar-refractivity contribution < 1.29 is 18.7 Å². The molecule has 150 valence electrons. The summed E-state index contributed by atoms with van der Waals surface area (Å²) in [6, 6.07) is 3.56. The lowest BCUT2D eigenvalue weighted by molar-refractivity contribution is -0.133. The zero-order valence-corrected chi connectivity index (χ0v) is 16.5. The maximum atomic E-state index is 13.0. The molecule has 8 nitrogen and oxygen atoms in total. The molecule has 0 spiro atoms. The van der Waals surface area contributed by atoms with Gasteiger partial charge in [-0.2, -0.15) is 0 Å². The molecule has 3 amide bonds. The summed E-state index contributed by atoms with van der Waals surface area (Å²) in [4.78, 5) is 32.9. The number of hydrogen-bond acceptors (Lipinski definition) is 6. The SMILES string of the molecule is O=C(Cc1csc(N2CCCNC2=O)n1)N(Cc1ccco1)CC1CCCO1. The second-order valence-corrected chi connectivity index (χ2v) is 7.86. The van der Waals surface area contributed by atoms with Crippen molar-refractivity contribution in [1.82, 2.24) is 15.2 Å². The predicted octanol–water partition coefficient (Wildman–Crippen LogP) is 2.41. The van der Waals surface area contributed by atoms with Gasteiger partial charge in [-0.15, -0.1) is 11.3 Å². The van der Waals surface area contributed by atoms with E-state index in [1.54, 1.807) is 16.1 Å². The molecule has 4 heterocycles. The van der Waals surface area contributed by atoms with Gasteiger partial charge in [-0.25, -0.2) is 9.78 Å². The predicted molar refractivity (Wildman–Crippen MR) is 104 cm³/mol. The van der Waals surface area contributed by atoms with Gasteiger partial charge in [-0.3, -0.25) is 9.69 Å². The molecule has 28 heavy (non-hydrogen) atoms. The summed E-state index contributed by atoms with van der Waals surface area (Å²) in [5.41, 5.74) is 0.681. The molecule has 2 aliphatic heterocycles. The van der Waals surface area contributed by atoms with Gasteiger partial charge in [0.15, 0.2) is 5.13 Å². The van der Waals surface area contributed by atoms with Crippen LogP contribution in [0.15, 0.2) is 28.2 Å². The molecule has 4 rings (SSSR count). The van der Waals surface area contributed by atoms with Gasteiger partial charge in [0.2, 0.25) is 5.91 Å². The van der Waals surface area contributed by atoms with E-state index in [1.165, 1.54) is 11.3 Å². The second-order valence-electron chi connectivity index (χ2n) is 7.02. The molecule has 2 aliphatic rings. The quantitative estimate of drug-likeness (QED) is 0.766. The number of furan rings is 1. The van der Waals surface area contributed by atoms with Crippen LogP contribution in [0.25, 0.3) is 0 Å². The van der Waals surface area contributed by atoms with E-state index in [-0.39, 0.29) is 24.5 Å². The first-order valence-electron chi connectivity index (χ1n) is 9.60. The Morgan fingerprint density at radius 2 is 2.36 bits per heavy atom. The standard InChI is InChI=1S/C19H24N4O4S/c24-17(10-14-13-28-19(21-14)23-7-3-6-20-18(23)25)22(11-15-4-1-8-26-15)12-16-5-2-9-27-16/h1,4,8,13,16H,2-3,5-7,9-12H2,(H,20,25). The number of rotatable bonds is 7. The molecule has 2 fully saturated rings. The molecule has 0 aromatic carbocycles. The Kier molecular flexibility index (Phi) is 5.92. The summed E-state index contributed by atoms with van der Waals surface area (Å²) >= 11 is 1.39. The number of nitrogens with zero attached hydrogens (tertiary/aromatic N) is 3. The van der Waals surface area contributed by atoms with E-state index in [9.17, 15) is 9.59 Å². The monoisotopic (exact) mass is 404 g/mol. The maximum absolute atomic E-state index is 13.0. The average Bonchev–Trinajstić information content (AvgIpc) is 3.45. The number of carbonyl (C=O) groups is 2. The van der Waals surface area contributed by atoms with Crippen LogP contribution in [0.3, 0.4) is 0 Å². The fraction of sp³-hybridized carbons (Fsp3) is 0.526. The van der Waals surface area contributed by atoms with Crippen molar-refractivity contribution in [3.63, 3.8) is 0 Å². The van der Waals surface area contributed by atoms with Gasteiger partial charge in [0.1, 0.15) is 5.76 Å². The normalized spacial score (nSPS) is 19.6. The molecule has 0 aliphatic carbocycles. The van der Waals surface area contributed by atoms with Gasteiger partial charge in [-0.05, 0) is 31.4 Å². The highest BCUT2D eigenvalue weighted by Crippen LogP contribution is 2.23. The third-order valence-electron chi connectivity index (χ3n) is 4.91. The van der Waals surface area contributed by atoms with Crippen molar-refractivity contribution >= 4 is 28.4 Å². The number of carbonyl (C=O) groups excluding carboxylic acids is 2. The van der Waals surface area contributed by atoms with E-state index in [4.69, 9.17) is 9.15 Å². The molecule has 2 aromatic rings. The zero-order valence-electron chi connectivity index (χ0n) is 15.6. The van der Waals surface area contributed by atoms with Crippen molar-refractivity contribution in [2.24, 2.45) is 0 Å². The number of thiazole rings is 1. The minimum atomic E-state index is -0.128. The number of aromatic nitrogens is 1. The lowest BCUT2D eigenvalue weighted by Gasteiger charge is -2.25. The first kappa shape index (κ1) is 18.9. The molecule has 2 saturated heterocycles. The van der Waals surface area contributed by atoms with Gasteiger partial charge < -0.3 is 19.4 Å². The molecule has 1 atom stereocenters. The van der Waals surface area contributed by atoms with Crippen LogP contribution in [0.1, 0.15) is 30.7 Å². The van der Waals surface area contributed by atoms with Crippen LogP contribution in [-0.4, -0.2) is 54.2 Å². The Labute approximate surface area is 167 Å². The summed E-state index contributed by atoms with van der Waals surface area (Å²) in [6.45, 7) is 3.05. The molecular formula is C19H24N4O4S. The van der Waals surface area contributed by atoms with Crippen LogP contribution in [0.2, 0.25) is 0 Å². The number of nitrogens with one attached hydrogen (secondary N) is 1. The highest BCUT2D eigenvalue weighted by Gasteiger charge is 2.26. The third kappa shape index (κ3) is 4.53. The Morgan fingerprint density at radius 3 is 3.11 bits per heavy atom. The Hall–Kier alpha value is -2.39. The second kappa shape index (κ2) is 8.74. The van der Waals surface area contributed by atoms with E-state index in [1.807, 2.05) is 17.5 Å². The largest absolute Gasteiger partial charge is 0.467 e. The number of hydrogen-bond donors (Lipinski definition) is 1. The lowest BCUT2D eigenvalue weighted by Crippen LogP contribution is -2.46. The molecule has 0 bridgehead atoms. The fourth-order valence-electron chi connectivity index (χ4n) is 3.46. The van der Waals surface area contributed by atoms with Crippen molar-refractivity contribution in [3.05, 3.63) is 35.2 Å². The topological polar surface area (TPSA) is 87.9 Å². The minimum Gasteiger partial charge on any atom is -0.467 e. The van der Waals surface area contributed by atoms with E-state index in [0.717, 1.165) is 31.6 Å². The molecule has 9 heteroatoms. The molecule has 0 radical (unpaired) electrons. The van der Waals surface area contributed by atoms with Crippen molar-refractivity contribution in [1.29, 1.82) is 0 Å². The molecule has 2 aromatic heterocycles. The Balaban J connectivity index is 1.42. The molecule has 1 N–H and O–H groups in total. The minimum absolute atomic E-state index is 0.0214. The van der Waals surface area contributed by atoms with Crippen molar-refractivity contribution in [2.45, 2.75) is 38.3 Å². The van der Waals surface area contributed by atoms with Crippen molar-refractivity contribution in [3.8, 4) is 0 Å². The molecular weight excluding hydrogens is 380 g/mol. The third-order valence-corrected chi connectivity index (χ3v) is 5.82.